The van der Waals surface area contributed by atoms with Crippen molar-refractivity contribution in [1.82, 2.24) is 0 Å². The molecule has 4 aliphatic rings. The summed E-state index contributed by atoms with van der Waals surface area (Å²) in [7, 11) is 0. The Bertz CT molecular complexity index is 1740. The standard InChI is InChI=1S/C35H26F3N/c36-35(37,38)26-12-15-31-30(21-26)34-18-16-24(17-19-34)29-20-25-8-4-5-9-28(25)33(32(29)34)39(31)27-13-10-23(11-14-27)22-6-2-1-3-7-22/h1-15,20-21,24H,16-19H2. The second kappa shape index (κ2) is 7.98. The molecule has 0 saturated heterocycles. The molecule has 5 aromatic rings. The summed E-state index contributed by atoms with van der Waals surface area (Å²) in [5.74, 6) is 0.458. The first-order valence-corrected chi connectivity index (χ1v) is 13.7. The Kier molecular flexibility index (Phi) is 4.69. The first kappa shape index (κ1) is 22.9. The van der Waals surface area contributed by atoms with Gasteiger partial charge in [-0.15, -0.1) is 0 Å². The van der Waals surface area contributed by atoms with Gasteiger partial charge in [0.05, 0.1) is 16.9 Å². The number of rotatable bonds is 2. The van der Waals surface area contributed by atoms with Crippen LogP contribution in [0.1, 0.15) is 53.9 Å². The van der Waals surface area contributed by atoms with Crippen molar-refractivity contribution in [1.29, 1.82) is 0 Å². The van der Waals surface area contributed by atoms with Gasteiger partial charge in [-0.05, 0) is 95.1 Å². The molecule has 1 nitrogen and oxygen atoms in total. The highest BCUT2D eigenvalue weighted by Crippen LogP contribution is 2.66. The van der Waals surface area contributed by atoms with Crippen molar-refractivity contribution in [2.75, 3.05) is 4.90 Å². The van der Waals surface area contributed by atoms with Crippen LogP contribution in [0.2, 0.25) is 0 Å². The van der Waals surface area contributed by atoms with E-state index in [1.807, 2.05) is 18.2 Å². The minimum absolute atomic E-state index is 0.388. The molecule has 0 N–H and O–H groups in total. The monoisotopic (exact) mass is 517 g/mol. The van der Waals surface area contributed by atoms with Gasteiger partial charge in [0.25, 0.3) is 0 Å². The molecular weight excluding hydrogens is 491 g/mol. The Hall–Kier alpha value is -4.05. The molecule has 0 unspecified atom stereocenters. The number of halogens is 3. The van der Waals surface area contributed by atoms with Crippen molar-refractivity contribution in [3.63, 3.8) is 0 Å². The number of benzene rings is 5. The number of nitrogens with zero attached hydrogens (tertiary/aromatic N) is 1. The van der Waals surface area contributed by atoms with Gasteiger partial charge in [0.15, 0.2) is 0 Å². The second-order valence-electron chi connectivity index (χ2n) is 11.2. The van der Waals surface area contributed by atoms with Gasteiger partial charge in [-0.25, -0.2) is 0 Å². The summed E-state index contributed by atoms with van der Waals surface area (Å²) in [6.45, 7) is 0. The summed E-state index contributed by atoms with van der Waals surface area (Å²) in [5.41, 5.74) is 7.68. The van der Waals surface area contributed by atoms with Crippen LogP contribution in [0.15, 0.2) is 103 Å². The predicted octanol–water partition coefficient (Wildman–Crippen LogP) is 10.3. The highest BCUT2D eigenvalue weighted by atomic mass is 19.4. The van der Waals surface area contributed by atoms with E-state index in [1.54, 1.807) is 6.07 Å². The zero-order valence-electron chi connectivity index (χ0n) is 21.3. The Morgan fingerprint density at radius 2 is 1.41 bits per heavy atom. The molecule has 4 heteroatoms. The highest BCUT2D eigenvalue weighted by molar-refractivity contribution is 6.04. The lowest BCUT2D eigenvalue weighted by molar-refractivity contribution is -0.137. The van der Waals surface area contributed by atoms with Crippen molar-refractivity contribution >= 4 is 27.8 Å². The van der Waals surface area contributed by atoms with Gasteiger partial charge in [0.1, 0.15) is 0 Å². The lowest BCUT2D eigenvalue weighted by Gasteiger charge is -2.54. The van der Waals surface area contributed by atoms with Gasteiger partial charge in [0, 0.05) is 16.5 Å². The van der Waals surface area contributed by atoms with Crippen molar-refractivity contribution in [2.24, 2.45) is 0 Å². The molecule has 1 saturated carbocycles. The van der Waals surface area contributed by atoms with Gasteiger partial charge in [0.2, 0.25) is 0 Å². The smallest absolute Gasteiger partial charge is 0.309 e. The molecule has 5 aromatic carbocycles. The van der Waals surface area contributed by atoms with E-state index in [1.165, 1.54) is 28.6 Å². The quantitative estimate of drug-likeness (QED) is 0.225. The van der Waals surface area contributed by atoms with Crippen molar-refractivity contribution in [2.45, 2.75) is 43.2 Å². The number of anilines is 3. The van der Waals surface area contributed by atoms with Gasteiger partial charge >= 0.3 is 6.18 Å². The van der Waals surface area contributed by atoms with Crippen LogP contribution in [0, 0.1) is 0 Å². The van der Waals surface area contributed by atoms with E-state index in [9.17, 15) is 13.2 Å². The lowest BCUT2D eigenvalue weighted by Crippen LogP contribution is -2.43. The molecule has 39 heavy (non-hydrogen) atoms. The van der Waals surface area contributed by atoms with Crippen LogP contribution >= 0.6 is 0 Å². The van der Waals surface area contributed by atoms with E-state index >= 15 is 0 Å². The van der Waals surface area contributed by atoms with E-state index in [0.717, 1.165) is 64.8 Å². The third-order valence-electron chi connectivity index (χ3n) is 9.35. The van der Waals surface area contributed by atoms with Gasteiger partial charge in [-0.1, -0.05) is 72.8 Å². The van der Waals surface area contributed by atoms with Crippen molar-refractivity contribution in [3.05, 3.63) is 125 Å². The van der Waals surface area contributed by atoms with Crippen LogP contribution < -0.4 is 4.90 Å². The van der Waals surface area contributed by atoms with Gasteiger partial charge in [-0.3, -0.25) is 0 Å². The first-order chi connectivity index (χ1) is 18.9. The molecule has 1 fully saturated rings. The van der Waals surface area contributed by atoms with Crippen molar-refractivity contribution in [3.8, 4) is 11.1 Å². The summed E-state index contributed by atoms with van der Waals surface area (Å²) in [5, 5.41) is 2.34. The van der Waals surface area contributed by atoms with E-state index < -0.39 is 11.7 Å². The molecule has 192 valence electrons. The number of hydrogen-bond acceptors (Lipinski definition) is 1. The van der Waals surface area contributed by atoms with Gasteiger partial charge in [-0.2, -0.15) is 13.2 Å². The third-order valence-corrected chi connectivity index (χ3v) is 9.35. The Morgan fingerprint density at radius 1 is 0.718 bits per heavy atom. The lowest BCUT2D eigenvalue weighted by atomic mass is 9.53. The minimum Gasteiger partial charge on any atom is -0.309 e. The molecule has 1 spiro atoms. The Morgan fingerprint density at radius 3 is 2.15 bits per heavy atom. The Balaban J connectivity index is 1.43. The summed E-state index contributed by atoms with van der Waals surface area (Å²) < 4.78 is 42.1. The number of hydrogen-bond donors (Lipinski definition) is 0. The maximum atomic E-state index is 14.0. The molecular formula is C35H26F3N. The average molecular weight is 518 g/mol. The van der Waals surface area contributed by atoms with Crippen molar-refractivity contribution < 1.29 is 13.2 Å². The molecule has 9 rings (SSSR count). The fraction of sp³-hybridized carbons (Fsp3) is 0.200. The largest absolute Gasteiger partial charge is 0.416 e. The summed E-state index contributed by atoms with van der Waals surface area (Å²) in [6.07, 6.45) is -0.555. The Labute approximate surface area is 225 Å². The topological polar surface area (TPSA) is 3.24 Å². The zero-order chi connectivity index (χ0) is 26.4. The van der Waals surface area contributed by atoms with Crippen LogP contribution in [-0.4, -0.2) is 0 Å². The molecule has 3 aliphatic carbocycles. The third kappa shape index (κ3) is 3.21. The van der Waals surface area contributed by atoms with Crippen LogP contribution in [0.25, 0.3) is 21.9 Å². The molecule has 0 atom stereocenters. The number of alkyl halides is 3. The fourth-order valence-electron chi connectivity index (χ4n) is 7.60. The van der Waals surface area contributed by atoms with Crippen LogP contribution in [0.3, 0.4) is 0 Å². The van der Waals surface area contributed by atoms with E-state index in [0.29, 0.717) is 5.92 Å². The van der Waals surface area contributed by atoms with Gasteiger partial charge < -0.3 is 4.90 Å². The fourth-order valence-corrected chi connectivity index (χ4v) is 7.60. The first-order valence-electron chi connectivity index (χ1n) is 13.7. The van der Waals surface area contributed by atoms with Crippen LogP contribution in [0.5, 0.6) is 0 Å². The molecule has 1 aliphatic heterocycles. The maximum Gasteiger partial charge on any atom is 0.416 e. The summed E-state index contributed by atoms with van der Waals surface area (Å²) >= 11 is 0. The SMILES string of the molecule is FC(F)(F)c1ccc2c(c1)C13CCC(CC1)c1cc4ccccc4c(c13)N2c1ccc(-c2ccccc2)cc1. The number of fused-ring (bicyclic) bond motifs is 5. The van der Waals surface area contributed by atoms with E-state index in [2.05, 4.69) is 71.6 Å². The molecule has 1 heterocycles. The zero-order valence-corrected chi connectivity index (χ0v) is 21.3. The molecule has 0 amide bonds. The van der Waals surface area contributed by atoms with Crippen LogP contribution in [-0.2, 0) is 11.6 Å². The normalized spacial score (nSPS) is 21.1. The summed E-state index contributed by atoms with van der Waals surface area (Å²) in [6, 6.07) is 33.9. The predicted molar refractivity (Wildman–Crippen MR) is 151 cm³/mol. The molecule has 0 radical (unpaired) electrons. The second-order valence-corrected chi connectivity index (χ2v) is 11.2. The molecule has 2 bridgehead atoms. The van der Waals surface area contributed by atoms with Crippen LogP contribution in [0.4, 0.5) is 30.2 Å². The van der Waals surface area contributed by atoms with E-state index in [4.69, 9.17) is 0 Å². The van der Waals surface area contributed by atoms with E-state index in [-0.39, 0.29) is 5.41 Å². The molecule has 0 aromatic heterocycles. The maximum absolute atomic E-state index is 14.0. The minimum atomic E-state index is -4.38. The summed E-state index contributed by atoms with van der Waals surface area (Å²) in [4.78, 5) is 2.23. The highest BCUT2D eigenvalue weighted by Gasteiger charge is 2.52. The average Bonchev–Trinajstić information content (AvgIpc) is 2.98.